The van der Waals surface area contributed by atoms with E-state index >= 15 is 0 Å². The largest absolute Gasteiger partial charge is 0.303 e. The second kappa shape index (κ2) is 6.12. The molecule has 0 aliphatic carbocycles. The van der Waals surface area contributed by atoms with E-state index in [9.17, 15) is 0 Å². The van der Waals surface area contributed by atoms with E-state index in [1.807, 2.05) is 6.92 Å². The summed E-state index contributed by atoms with van der Waals surface area (Å²) in [6, 6.07) is 11.0. The van der Waals surface area contributed by atoms with E-state index in [1.165, 1.54) is 5.56 Å². The fraction of sp³-hybridized carbons (Fsp3) is 0.400. The van der Waals surface area contributed by atoms with Crippen molar-refractivity contribution in [1.82, 2.24) is 10.3 Å². The van der Waals surface area contributed by atoms with Crippen molar-refractivity contribution < 1.29 is 0 Å². The Bertz CT molecular complexity index is 476. The van der Waals surface area contributed by atoms with Crippen molar-refractivity contribution >= 4 is 11.3 Å². The lowest BCUT2D eigenvalue weighted by molar-refractivity contribution is 0.410. The summed E-state index contributed by atoms with van der Waals surface area (Å²) in [5.74, 6) is 0.563. The van der Waals surface area contributed by atoms with Gasteiger partial charge < -0.3 is 5.32 Å². The lowest BCUT2D eigenvalue weighted by Crippen LogP contribution is -2.25. The van der Waals surface area contributed by atoms with Crippen LogP contribution in [0, 0.1) is 12.8 Å². The molecule has 0 bridgehead atoms. The summed E-state index contributed by atoms with van der Waals surface area (Å²) in [4.78, 5) is 4.49. The first-order valence-corrected chi connectivity index (χ1v) is 7.24. The molecule has 1 aromatic heterocycles. The average Bonchev–Trinajstić information content (AvgIpc) is 2.76. The molecule has 1 N–H and O–H groups in total. The van der Waals surface area contributed by atoms with Crippen molar-refractivity contribution in [2.75, 3.05) is 0 Å². The van der Waals surface area contributed by atoms with Gasteiger partial charge in [-0.05, 0) is 18.4 Å². The van der Waals surface area contributed by atoms with Crippen LogP contribution in [0.15, 0.2) is 35.7 Å². The number of aromatic nitrogens is 1. The quantitative estimate of drug-likeness (QED) is 0.881. The van der Waals surface area contributed by atoms with Crippen molar-refractivity contribution in [3.05, 3.63) is 52.0 Å². The van der Waals surface area contributed by atoms with Crippen LogP contribution in [0.3, 0.4) is 0 Å². The van der Waals surface area contributed by atoms with Crippen molar-refractivity contribution in [3.8, 4) is 0 Å². The summed E-state index contributed by atoms with van der Waals surface area (Å²) in [5, 5.41) is 6.88. The van der Waals surface area contributed by atoms with Gasteiger partial charge in [-0.2, -0.15) is 0 Å². The molecule has 2 nitrogen and oxygen atoms in total. The van der Waals surface area contributed by atoms with Gasteiger partial charge in [0.25, 0.3) is 0 Å². The maximum atomic E-state index is 4.49. The molecule has 18 heavy (non-hydrogen) atoms. The van der Waals surface area contributed by atoms with Crippen molar-refractivity contribution in [3.63, 3.8) is 0 Å². The third-order valence-corrected chi connectivity index (χ3v) is 3.93. The first-order chi connectivity index (χ1) is 8.66. The van der Waals surface area contributed by atoms with Gasteiger partial charge >= 0.3 is 0 Å². The van der Waals surface area contributed by atoms with E-state index in [1.54, 1.807) is 11.3 Å². The average molecular weight is 260 g/mol. The molecule has 0 aliphatic heterocycles. The second-order valence-corrected chi connectivity index (χ2v) is 5.84. The summed E-state index contributed by atoms with van der Waals surface area (Å²) >= 11 is 1.72. The smallest absolute Gasteiger partial charge is 0.107 e. The van der Waals surface area contributed by atoms with E-state index in [2.05, 4.69) is 59.9 Å². The zero-order chi connectivity index (χ0) is 13.0. The highest BCUT2D eigenvalue weighted by Gasteiger charge is 2.15. The molecule has 3 heteroatoms. The molecule has 0 aliphatic rings. The van der Waals surface area contributed by atoms with Gasteiger partial charge in [-0.15, -0.1) is 11.3 Å². The third-order valence-electron chi connectivity index (χ3n) is 2.97. The number of hydrogen-bond donors (Lipinski definition) is 1. The van der Waals surface area contributed by atoms with Gasteiger partial charge in [0.05, 0.1) is 0 Å². The summed E-state index contributed by atoms with van der Waals surface area (Å²) in [6.45, 7) is 7.38. The molecule has 0 radical (unpaired) electrons. The van der Waals surface area contributed by atoms with Crippen LogP contribution in [0.2, 0.25) is 0 Å². The Morgan fingerprint density at radius 3 is 2.50 bits per heavy atom. The Balaban J connectivity index is 2.03. The Morgan fingerprint density at radius 2 is 1.94 bits per heavy atom. The molecule has 0 spiro atoms. The molecule has 0 saturated heterocycles. The molecule has 96 valence electrons. The van der Waals surface area contributed by atoms with Gasteiger partial charge in [-0.1, -0.05) is 44.2 Å². The maximum absolute atomic E-state index is 4.49. The lowest BCUT2D eigenvalue weighted by atomic mass is 9.96. The molecule has 1 atom stereocenters. The molecule has 2 aromatic rings. The van der Waals surface area contributed by atoms with Crippen LogP contribution < -0.4 is 5.32 Å². The zero-order valence-electron chi connectivity index (χ0n) is 11.2. The molecular formula is C15H20N2S. The summed E-state index contributed by atoms with van der Waals surface area (Å²) in [7, 11) is 0. The monoisotopic (exact) mass is 260 g/mol. The highest BCUT2D eigenvalue weighted by atomic mass is 32.1. The van der Waals surface area contributed by atoms with Crippen LogP contribution in [-0.4, -0.2) is 4.98 Å². The van der Waals surface area contributed by atoms with E-state index in [-0.39, 0.29) is 0 Å². The van der Waals surface area contributed by atoms with Crippen LogP contribution >= 0.6 is 11.3 Å². The number of nitrogens with one attached hydrogen (secondary N) is 1. The molecule has 0 saturated carbocycles. The molecular weight excluding hydrogens is 240 g/mol. The molecule has 0 fully saturated rings. The minimum Gasteiger partial charge on any atom is -0.303 e. The molecule has 2 rings (SSSR count). The van der Waals surface area contributed by atoms with Gasteiger partial charge in [0.1, 0.15) is 5.01 Å². The number of benzene rings is 1. The topological polar surface area (TPSA) is 24.9 Å². The van der Waals surface area contributed by atoms with Gasteiger partial charge in [0.15, 0.2) is 0 Å². The summed E-state index contributed by atoms with van der Waals surface area (Å²) in [6.07, 6.45) is 0. The van der Waals surface area contributed by atoms with Gasteiger partial charge in [0, 0.05) is 23.7 Å². The Kier molecular flexibility index (Phi) is 4.50. The van der Waals surface area contributed by atoms with Crippen molar-refractivity contribution in [1.29, 1.82) is 0 Å². The van der Waals surface area contributed by atoms with Crippen LogP contribution in [0.25, 0.3) is 0 Å². The fourth-order valence-electron chi connectivity index (χ4n) is 2.08. The van der Waals surface area contributed by atoms with Gasteiger partial charge in [0.2, 0.25) is 0 Å². The molecule has 0 amide bonds. The normalized spacial score (nSPS) is 12.9. The van der Waals surface area contributed by atoms with Crippen LogP contribution in [0.5, 0.6) is 0 Å². The molecule has 1 aromatic carbocycles. The van der Waals surface area contributed by atoms with E-state index in [4.69, 9.17) is 0 Å². The standard InChI is InChI=1S/C15H20N2S/c1-11(2)15(13-7-5-4-6-8-13)16-9-14-17-12(3)10-18-14/h4-8,10-11,15-16H,9H2,1-3H3. The molecule has 1 heterocycles. The van der Waals surface area contributed by atoms with E-state index < -0.39 is 0 Å². The minimum absolute atomic E-state index is 0.385. The van der Waals surface area contributed by atoms with Gasteiger partial charge in [-0.3, -0.25) is 0 Å². The minimum atomic E-state index is 0.385. The maximum Gasteiger partial charge on any atom is 0.107 e. The SMILES string of the molecule is Cc1csc(CNC(c2ccccc2)C(C)C)n1. The van der Waals surface area contributed by atoms with Gasteiger partial charge in [-0.25, -0.2) is 4.98 Å². The predicted octanol–water partition coefficient (Wildman–Crippen LogP) is 3.94. The first kappa shape index (κ1) is 13.2. The highest BCUT2D eigenvalue weighted by molar-refractivity contribution is 7.09. The Labute approximate surface area is 113 Å². The van der Waals surface area contributed by atoms with E-state index in [0.717, 1.165) is 17.2 Å². The number of hydrogen-bond acceptors (Lipinski definition) is 3. The van der Waals surface area contributed by atoms with Crippen molar-refractivity contribution in [2.24, 2.45) is 5.92 Å². The van der Waals surface area contributed by atoms with Crippen LogP contribution in [0.1, 0.15) is 36.2 Å². The fourth-order valence-corrected chi connectivity index (χ4v) is 2.80. The first-order valence-electron chi connectivity index (χ1n) is 6.36. The highest BCUT2D eigenvalue weighted by Crippen LogP contribution is 2.22. The number of nitrogens with zero attached hydrogens (tertiary/aromatic N) is 1. The van der Waals surface area contributed by atoms with Crippen LogP contribution in [0.4, 0.5) is 0 Å². The lowest BCUT2D eigenvalue weighted by Gasteiger charge is -2.22. The number of thiazole rings is 1. The summed E-state index contributed by atoms with van der Waals surface area (Å²) < 4.78 is 0. The Morgan fingerprint density at radius 1 is 1.22 bits per heavy atom. The third kappa shape index (κ3) is 3.40. The van der Waals surface area contributed by atoms with Crippen molar-refractivity contribution in [2.45, 2.75) is 33.4 Å². The Hall–Kier alpha value is -1.19. The summed E-state index contributed by atoms with van der Waals surface area (Å²) in [5.41, 5.74) is 2.46. The number of aryl methyl sites for hydroxylation is 1. The van der Waals surface area contributed by atoms with Crippen LogP contribution in [-0.2, 0) is 6.54 Å². The number of rotatable bonds is 5. The zero-order valence-corrected chi connectivity index (χ0v) is 12.0. The predicted molar refractivity (Wildman–Crippen MR) is 77.7 cm³/mol. The van der Waals surface area contributed by atoms with E-state index in [0.29, 0.717) is 12.0 Å². The second-order valence-electron chi connectivity index (χ2n) is 4.90. The molecule has 1 unspecified atom stereocenters.